The van der Waals surface area contributed by atoms with Crippen LogP contribution < -0.4 is 5.32 Å². The van der Waals surface area contributed by atoms with Gasteiger partial charge in [-0.1, -0.05) is 133 Å². The van der Waals surface area contributed by atoms with E-state index in [0.29, 0.717) is 6.54 Å². The molecule has 0 radical (unpaired) electrons. The molecule has 0 aromatic heterocycles. The number of amides is 1. The van der Waals surface area contributed by atoms with E-state index in [-0.39, 0.29) is 5.91 Å². The number of carbonyl (C=O) groups is 1. The Kier molecular flexibility index (Phi) is 21.6. The Balaban J connectivity index is 4.05. The molecular formula is C30H49NO2. The summed E-state index contributed by atoms with van der Waals surface area (Å²) in [5.74, 6) is -0.152. The van der Waals surface area contributed by atoms with Crippen molar-refractivity contribution < 1.29 is 9.90 Å². The predicted molar refractivity (Wildman–Crippen MR) is 145 cm³/mol. The molecule has 0 aliphatic heterocycles. The second-order valence-corrected chi connectivity index (χ2v) is 8.64. The maximum atomic E-state index is 12.0. The number of unbranched alkanes of at least 4 members (excludes halogenated alkanes) is 6. The Morgan fingerprint density at radius 3 is 1.85 bits per heavy atom. The number of nitrogens with one attached hydrogen (secondary N) is 1. The van der Waals surface area contributed by atoms with Gasteiger partial charge >= 0.3 is 0 Å². The van der Waals surface area contributed by atoms with Gasteiger partial charge in [0.1, 0.15) is 0 Å². The zero-order chi connectivity index (χ0) is 24.5. The summed E-state index contributed by atoms with van der Waals surface area (Å²) in [5, 5.41) is 13.7. The number of aliphatic hydroxyl groups is 1. The number of rotatable bonds is 20. The van der Waals surface area contributed by atoms with Gasteiger partial charge in [-0.2, -0.15) is 0 Å². The summed E-state index contributed by atoms with van der Waals surface area (Å²) in [4.78, 5) is 12.0. The van der Waals surface area contributed by atoms with Crippen molar-refractivity contribution in [3.05, 3.63) is 72.9 Å². The largest absolute Gasteiger partial charge is 0.388 e. The highest BCUT2D eigenvalue weighted by molar-refractivity contribution is 5.87. The first-order chi connectivity index (χ1) is 16.1. The van der Waals surface area contributed by atoms with Crippen LogP contribution in [-0.2, 0) is 4.79 Å². The van der Waals surface area contributed by atoms with Crippen molar-refractivity contribution in [2.75, 3.05) is 6.54 Å². The molecule has 0 rings (SSSR count). The Morgan fingerprint density at radius 2 is 1.24 bits per heavy atom. The molecule has 0 saturated heterocycles. The van der Waals surface area contributed by atoms with E-state index < -0.39 is 5.60 Å². The van der Waals surface area contributed by atoms with E-state index in [1.54, 1.807) is 6.08 Å². The Hall–Kier alpha value is -2.13. The second-order valence-electron chi connectivity index (χ2n) is 8.64. The van der Waals surface area contributed by atoms with Crippen molar-refractivity contribution in [1.29, 1.82) is 0 Å². The van der Waals surface area contributed by atoms with Crippen molar-refractivity contribution in [2.45, 2.75) is 103 Å². The van der Waals surface area contributed by atoms with Crippen molar-refractivity contribution in [3.8, 4) is 0 Å². The maximum absolute atomic E-state index is 12.0. The fourth-order valence-electron chi connectivity index (χ4n) is 3.40. The molecule has 0 saturated carbocycles. The van der Waals surface area contributed by atoms with Crippen molar-refractivity contribution in [2.24, 2.45) is 0 Å². The van der Waals surface area contributed by atoms with E-state index >= 15 is 0 Å². The summed E-state index contributed by atoms with van der Waals surface area (Å²) in [6.45, 7) is 6.78. The molecule has 33 heavy (non-hydrogen) atoms. The quantitative estimate of drug-likeness (QED) is 0.111. The molecule has 1 amide bonds. The minimum Gasteiger partial charge on any atom is -0.388 e. The summed E-state index contributed by atoms with van der Waals surface area (Å²) in [6.07, 6.45) is 36.4. The lowest BCUT2D eigenvalue weighted by Gasteiger charge is -2.28. The fraction of sp³-hybridized carbons (Fsp3) is 0.567. The standard InChI is InChI=1S/C30H49NO2/c1-4-7-9-11-12-13-14-15-16-17-18-19-20-21-22-23-25-29(32)31-28-30(33,26-6-3)27-24-10-8-5-2/h11-18,21-23,25,33H,4-10,19-20,24,26-28H2,1-3H3,(H,31,32). The highest BCUT2D eigenvalue weighted by Gasteiger charge is 2.25. The minimum atomic E-state index is -0.788. The first-order valence-corrected chi connectivity index (χ1v) is 13.1. The molecule has 1 atom stereocenters. The van der Waals surface area contributed by atoms with Crippen LogP contribution in [-0.4, -0.2) is 23.2 Å². The molecule has 0 aliphatic rings. The van der Waals surface area contributed by atoms with Crippen LogP contribution in [0.1, 0.15) is 97.8 Å². The molecular weight excluding hydrogens is 406 g/mol. The van der Waals surface area contributed by atoms with Gasteiger partial charge in [-0.3, -0.25) is 4.79 Å². The van der Waals surface area contributed by atoms with Crippen LogP contribution in [0.4, 0.5) is 0 Å². The Morgan fingerprint density at radius 1 is 0.667 bits per heavy atom. The lowest BCUT2D eigenvalue weighted by Crippen LogP contribution is -2.42. The zero-order valence-electron chi connectivity index (χ0n) is 21.5. The van der Waals surface area contributed by atoms with Gasteiger partial charge in [0, 0.05) is 12.6 Å². The van der Waals surface area contributed by atoms with Crippen LogP contribution in [0.3, 0.4) is 0 Å². The summed E-state index contributed by atoms with van der Waals surface area (Å²) < 4.78 is 0. The highest BCUT2D eigenvalue weighted by Crippen LogP contribution is 2.20. The van der Waals surface area contributed by atoms with E-state index in [4.69, 9.17) is 0 Å². The average molecular weight is 456 g/mol. The molecule has 0 aromatic carbocycles. The molecule has 186 valence electrons. The van der Waals surface area contributed by atoms with E-state index in [1.165, 1.54) is 31.8 Å². The molecule has 3 heteroatoms. The molecule has 3 nitrogen and oxygen atoms in total. The van der Waals surface area contributed by atoms with Crippen LogP contribution in [0, 0.1) is 0 Å². The lowest BCUT2D eigenvalue weighted by molar-refractivity contribution is -0.118. The molecule has 0 spiro atoms. The smallest absolute Gasteiger partial charge is 0.244 e. The van der Waals surface area contributed by atoms with Crippen LogP contribution >= 0.6 is 0 Å². The highest BCUT2D eigenvalue weighted by atomic mass is 16.3. The van der Waals surface area contributed by atoms with Crippen LogP contribution in [0.25, 0.3) is 0 Å². The first-order valence-electron chi connectivity index (χ1n) is 13.1. The van der Waals surface area contributed by atoms with Crippen molar-refractivity contribution >= 4 is 5.91 Å². The molecule has 0 aromatic rings. The lowest BCUT2D eigenvalue weighted by atomic mass is 9.91. The van der Waals surface area contributed by atoms with Crippen LogP contribution in [0.2, 0.25) is 0 Å². The number of carbonyl (C=O) groups excluding carboxylic acids is 1. The van der Waals surface area contributed by atoms with Gasteiger partial charge in [-0.05, 0) is 32.1 Å². The maximum Gasteiger partial charge on any atom is 0.244 e. The Labute approximate surface area is 204 Å². The SMILES string of the molecule is CCCCC=CC=CC=CC=CCCC=CC=CC(=O)NCC(O)(CCC)CCCCCC. The normalized spacial score (nSPS) is 14.7. The molecule has 0 aliphatic carbocycles. The van der Waals surface area contributed by atoms with Gasteiger partial charge in [0.15, 0.2) is 0 Å². The fourth-order valence-corrected chi connectivity index (χ4v) is 3.40. The summed E-state index contributed by atoms with van der Waals surface area (Å²) in [6, 6.07) is 0. The molecule has 0 heterocycles. The van der Waals surface area contributed by atoms with Crippen LogP contribution in [0.5, 0.6) is 0 Å². The van der Waals surface area contributed by atoms with Gasteiger partial charge < -0.3 is 10.4 Å². The van der Waals surface area contributed by atoms with Gasteiger partial charge in [-0.25, -0.2) is 0 Å². The van der Waals surface area contributed by atoms with Gasteiger partial charge in [0.25, 0.3) is 0 Å². The summed E-state index contributed by atoms with van der Waals surface area (Å²) in [5.41, 5.74) is -0.788. The number of hydrogen-bond acceptors (Lipinski definition) is 2. The third-order valence-electron chi connectivity index (χ3n) is 5.35. The zero-order valence-corrected chi connectivity index (χ0v) is 21.5. The average Bonchev–Trinajstić information content (AvgIpc) is 2.80. The monoisotopic (exact) mass is 455 g/mol. The van der Waals surface area contributed by atoms with E-state index in [1.807, 2.05) is 24.3 Å². The molecule has 0 bridgehead atoms. The van der Waals surface area contributed by atoms with Gasteiger partial charge in [0.05, 0.1) is 5.60 Å². The molecule has 0 fully saturated rings. The van der Waals surface area contributed by atoms with E-state index in [2.05, 4.69) is 62.5 Å². The number of allylic oxidation sites excluding steroid dienone is 11. The van der Waals surface area contributed by atoms with E-state index in [9.17, 15) is 9.90 Å². The third kappa shape index (κ3) is 21.5. The first kappa shape index (κ1) is 30.9. The van der Waals surface area contributed by atoms with Crippen molar-refractivity contribution in [3.63, 3.8) is 0 Å². The third-order valence-corrected chi connectivity index (χ3v) is 5.35. The molecule has 2 N–H and O–H groups in total. The van der Waals surface area contributed by atoms with Gasteiger partial charge in [-0.15, -0.1) is 0 Å². The van der Waals surface area contributed by atoms with Crippen LogP contribution in [0.15, 0.2) is 72.9 Å². The predicted octanol–water partition coefficient (Wildman–Crippen LogP) is 7.91. The minimum absolute atomic E-state index is 0.152. The van der Waals surface area contributed by atoms with E-state index in [0.717, 1.165) is 51.4 Å². The number of hydrogen-bond donors (Lipinski definition) is 2. The van der Waals surface area contributed by atoms with Crippen molar-refractivity contribution in [1.82, 2.24) is 5.32 Å². The summed E-state index contributed by atoms with van der Waals surface area (Å²) >= 11 is 0. The topological polar surface area (TPSA) is 49.3 Å². The second kappa shape index (κ2) is 23.0. The molecule has 1 unspecified atom stereocenters. The van der Waals surface area contributed by atoms with Gasteiger partial charge in [0.2, 0.25) is 5.91 Å². The Bertz CT molecular complexity index is 640. The summed E-state index contributed by atoms with van der Waals surface area (Å²) in [7, 11) is 0.